The molecule has 33 heavy (non-hydrogen) atoms. The van der Waals surface area contributed by atoms with Crippen LogP contribution in [0.15, 0.2) is 46.0 Å². The molecule has 0 aliphatic carbocycles. The number of rotatable bonds is 2. The first-order valence-electron chi connectivity index (χ1n) is 9.21. The van der Waals surface area contributed by atoms with Gasteiger partial charge in [-0.3, -0.25) is 10.2 Å². The number of carbonyl (C=O) groups excluding carboxylic acids is 1. The molecule has 0 saturated heterocycles. The maximum Gasteiger partial charge on any atom is 0.441 e. The summed E-state index contributed by atoms with van der Waals surface area (Å²) in [6.45, 7) is 3.26. The normalized spacial score (nSPS) is 18.1. The summed E-state index contributed by atoms with van der Waals surface area (Å²) in [5, 5.41) is 10.5. The van der Waals surface area contributed by atoms with Crippen LogP contribution in [0.1, 0.15) is 22.5 Å². The van der Waals surface area contributed by atoms with Crippen LogP contribution in [-0.2, 0) is 11.0 Å². The lowest BCUT2D eigenvalue weighted by molar-refractivity contribution is -0.137. The Balaban J connectivity index is 1.74. The van der Waals surface area contributed by atoms with Crippen molar-refractivity contribution in [2.75, 3.05) is 0 Å². The molecule has 13 heteroatoms. The number of hydrogen-bond acceptors (Lipinski definition) is 4. The van der Waals surface area contributed by atoms with Gasteiger partial charge < -0.3 is 4.57 Å². The number of carbonyl (C=O) groups is 1. The Kier molecular flexibility index (Phi) is 5.26. The predicted molar refractivity (Wildman–Crippen MR) is 111 cm³/mol. The number of aliphatic imine (C=N–C) groups is 1. The van der Waals surface area contributed by atoms with Crippen molar-refractivity contribution in [1.82, 2.24) is 9.58 Å². The van der Waals surface area contributed by atoms with Gasteiger partial charge in [-0.05, 0) is 61.5 Å². The van der Waals surface area contributed by atoms with Crippen LogP contribution in [0.2, 0.25) is 0 Å². The molecule has 0 atom stereocenters. The standard InChI is InChI=1S/C20H13F6N5OS/c1-9-6-11(10(2)30(9)13-5-3-4-12(8-13)19(21,22)23)7-14-15(27)31-18(28-16(14)32)33-17(29-31)20(24,25)26/h3-8,27H,1-2H3/b14-7-,27-15?. The van der Waals surface area contributed by atoms with Crippen molar-refractivity contribution in [3.63, 3.8) is 0 Å². The topological polar surface area (TPSA) is 73.8 Å². The molecule has 1 aromatic heterocycles. The average molecular weight is 485 g/mol. The molecule has 1 N–H and O–H groups in total. The van der Waals surface area contributed by atoms with E-state index in [0.717, 1.165) is 12.1 Å². The lowest BCUT2D eigenvalue weighted by atomic mass is 10.1. The zero-order valence-electron chi connectivity index (χ0n) is 16.8. The van der Waals surface area contributed by atoms with Crippen LogP contribution in [0.25, 0.3) is 11.8 Å². The van der Waals surface area contributed by atoms with Crippen molar-refractivity contribution < 1.29 is 31.1 Å². The maximum atomic E-state index is 13.1. The highest BCUT2D eigenvalue weighted by atomic mass is 32.2. The molecule has 4 rings (SSSR count). The molecule has 3 heterocycles. The quantitative estimate of drug-likeness (QED) is 0.464. The van der Waals surface area contributed by atoms with Gasteiger partial charge in [0, 0.05) is 17.1 Å². The van der Waals surface area contributed by atoms with Crippen molar-refractivity contribution in [3.8, 4) is 5.69 Å². The molecule has 2 aliphatic rings. The van der Waals surface area contributed by atoms with Crippen molar-refractivity contribution in [2.45, 2.75) is 26.2 Å². The van der Waals surface area contributed by atoms with E-state index in [1.54, 1.807) is 24.5 Å². The molecule has 0 spiro atoms. The van der Waals surface area contributed by atoms with Crippen LogP contribution in [0.4, 0.5) is 26.3 Å². The van der Waals surface area contributed by atoms with Gasteiger partial charge in [-0.1, -0.05) is 6.07 Å². The number of fused-ring (bicyclic) bond motifs is 1. The number of amidine groups is 2. The van der Waals surface area contributed by atoms with E-state index in [9.17, 15) is 31.1 Å². The molecule has 0 bridgehead atoms. The minimum atomic E-state index is -4.76. The lowest BCUT2D eigenvalue weighted by Crippen LogP contribution is -2.35. The van der Waals surface area contributed by atoms with Gasteiger partial charge in [-0.15, -0.1) is 0 Å². The van der Waals surface area contributed by atoms with Gasteiger partial charge in [0.05, 0.1) is 11.1 Å². The zero-order chi connectivity index (χ0) is 24.3. The van der Waals surface area contributed by atoms with Crippen LogP contribution in [0, 0.1) is 19.3 Å². The number of hydrogen-bond donors (Lipinski definition) is 1. The van der Waals surface area contributed by atoms with E-state index < -0.39 is 34.7 Å². The molecule has 172 valence electrons. The number of amides is 1. The van der Waals surface area contributed by atoms with Crippen LogP contribution in [0.3, 0.4) is 0 Å². The zero-order valence-corrected chi connectivity index (χ0v) is 17.7. The summed E-state index contributed by atoms with van der Waals surface area (Å²) in [5.41, 5.74) is 0.518. The molecule has 2 aromatic rings. The third-order valence-corrected chi connectivity index (χ3v) is 5.85. The van der Waals surface area contributed by atoms with Crippen molar-refractivity contribution in [2.24, 2.45) is 10.1 Å². The van der Waals surface area contributed by atoms with Crippen molar-refractivity contribution in [1.29, 1.82) is 5.41 Å². The van der Waals surface area contributed by atoms with E-state index in [0.29, 0.717) is 22.0 Å². The fraction of sp³-hybridized carbons (Fsp3) is 0.200. The van der Waals surface area contributed by atoms with Crippen LogP contribution >= 0.6 is 11.8 Å². The first-order chi connectivity index (χ1) is 15.3. The Labute approximate surface area is 186 Å². The fourth-order valence-corrected chi connectivity index (χ4v) is 4.17. The summed E-state index contributed by atoms with van der Waals surface area (Å²) in [6.07, 6.45) is -8.02. The predicted octanol–water partition coefficient (Wildman–Crippen LogP) is 5.29. The first kappa shape index (κ1) is 22.8. The molecular weight excluding hydrogens is 472 g/mol. The Morgan fingerprint density at radius 2 is 1.76 bits per heavy atom. The summed E-state index contributed by atoms with van der Waals surface area (Å²) in [4.78, 5) is 16.0. The third kappa shape index (κ3) is 4.08. The number of halogens is 6. The lowest BCUT2D eigenvalue weighted by Gasteiger charge is -2.20. The summed E-state index contributed by atoms with van der Waals surface area (Å²) in [7, 11) is 0. The van der Waals surface area contributed by atoms with Gasteiger partial charge in [0.25, 0.3) is 5.91 Å². The summed E-state index contributed by atoms with van der Waals surface area (Å²) in [5.74, 6) is -1.50. The van der Waals surface area contributed by atoms with E-state index in [1.165, 1.54) is 18.2 Å². The number of nitrogens with one attached hydrogen (secondary N) is 1. The number of hydrazone groups is 1. The second-order valence-corrected chi connectivity index (χ2v) is 8.09. The first-order valence-corrected chi connectivity index (χ1v) is 10.0. The summed E-state index contributed by atoms with van der Waals surface area (Å²) in [6, 6.07) is 6.28. The molecule has 0 saturated carbocycles. The highest BCUT2D eigenvalue weighted by Gasteiger charge is 2.46. The van der Waals surface area contributed by atoms with E-state index in [4.69, 9.17) is 5.41 Å². The van der Waals surface area contributed by atoms with Gasteiger partial charge in [0.2, 0.25) is 10.2 Å². The van der Waals surface area contributed by atoms with E-state index in [-0.39, 0.29) is 28.2 Å². The number of alkyl halides is 6. The monoisotopic (exact) mass is 485 g/mol. The number of aromatic nitrogens is 1. The maximum absolute atomic E-state index is 13.1. The average Bonchev–Trinajstić information content (AvgIpc) is 3.25. The summed E-state index contributed by atoms with van der Waals surface area (Å²) < 4.78 is 79.7. The Morgan fingerprint density at radius 3 is 2.39 bits per heavy atom. The number of aryl methyl sites for hydroxylation is 1. The van der Waals surface area contributed by atoms with E-state index >= 15 is 0 Å². The Bertz CT molecular complexity index is 1280. The number of benzene rings is 1. The van der Waals surface area contributed by atoms with Gasteiger partial charge in [-0.2, -0.15) is 41.4 Å². The SMILES string of the molecule is Cc1cc(/C=C2/C(=N)N3N=C(C(F)(F)F)SC3=NC2=O)c(C)n1-c1cccc(C(F)(F)F)c1. The van der Waals surface area contributed by atoms with Crippen LogP contribution < -0.4 is 0 Å². The second-order valence-electron chi connectivity index (χ2n) is 7.13. The van der Waals surface area contributed by atoms with E-state index in [1.807, 2.05) is 0 Å². The highest BCUT2D eigenvalue weighted by molar-refractivity contribution is 8.27. The molecule has 6 nitrogen and oxygen atoms in total. The molecule has 2 aliphatic heterocycles. The Morgan fingerprint density at radius 1 is 1.06 bits per heavy atom. The number of nitrogens with zero attached hydrogens (tertiary/aromatic N) is 4. The molecule has 1 amide bonds. The fourth-order valence-electron chi connectivity index (χ4n) is 3.41. The molecule has 0 unspecified atom stereocenters. The van der Waals surface area contributed by atoms with Crippen molar-refractivity contribution >= 4 is 39.8 Å². The Hall–Kier alpha value is -3.35. The number of thioether (sulfide) groups is 1. The van der Waals surface area contributed by atoms with Crippen LogP contribution in [-0.4, -0.2) is 37.7 Å². The molecule has 0 fully saturated rings. The van der Waals surface area contributed by atoms with Crippen molar-refractivity contribution in [3.05, 3.63) is 58.4 Å². The highest BCUT2D eigenvalue weighted by Crippen LogP contribution is 2.36. The molecule has 0 radical (unpaired) electrons. The van der Waals surface area contributed by atoms with Gasteiger partial charge >= 0.3 is 12.4 Å². The molecule has 1 aromatic carbocycles. The second kappa shape index (κ2) is 7.61. The minimum absolute atomic E-state index is 0.144. The van der Waals surface area contributed by atoms with E-state index in [2.05, 4.69) is 10.1 Å². The summed E-state index contributed by atoms with van der Waals surface area (Å²) >= 11 is 0.144. The molecular formula is C20H13F6N5OS. The third-order valence-electron chi connectivity index (χ3n) is 4.90. The largest absolute Gasteiger partial charge is 0.441 e. The van der Waals surface area contributed by atoms with Gasteiger partial charge in [0.1, 0.15) is 0 Å². The van der Waals surface area contributed by atoms with Crippen LogP contribution in [0.5, 0.6) is 0 Å². The smallest absolute Gasteiger partial charge is 0.318 e. The van der Waals surface area contributed by atoms with Gasteiger partial charge in [0.15, 0.2) is 5.84 Å². The minimum Gasteiger partial charge on any atom is -0.318 e. The van der Waals surface area contributed by atoms with Gasteiger partial charge in [-0.25, -0.2) is 0 Å².